The summed E-state index contributed by atoms with van der Waals surface area (Å²) in [4.78, 5) is 0. The Morgan fingerprint density at radius 2 is 2.00 bits per heavy atom. The number of hydrogen-bond donors (Lipinski definition) is 1. The molecule has 0 heterocycles. The molecule has 15 heavy (non-hydrogen) atoms. The Balaban J connectivity index is 2.16. The molecular weight excluding hydrogens is 182 g/mol. The van der Waals surface area contributed by atoms with Crippen molar-refractivity contribution >= 4 is 0 Å². The van der Waals surface area contributed by atoms with Crippen LogP contribution in [0.3, 0.4) is 0 Å². The fraction of sp³-hybridized carbons (Fsp3) is 1.00. The van der Waals surface area contributed by atoms with Crippen LogP contribution in [0.2, 0.25) is 0 Å². The summed E-state index contributed by atoms with van der Waals surface area (Å²) in [5.41, 5.74) is 0. The van der Waals surface area contributed by atoms with Crippen LogP contribution in [0.5, 0.6) is 0 Å². The van der Waals surface area contributed by atoms with Gasteiger partial charge in [0.15, 0.2) is 0 Å². The third-order valence-electron chi connectivity index (χ3n) is 3.69. The minimum absolute atomic E-state index is 0.792. The maximum Gasteiger partial charge on any atom is 0.00696 e. The summed E-state index contributed by atoms with van der Waals surface area (Å²) in [5.74, 6) is 1.98. The zero-order chi connectivity index (χ0) is 11.1. The van der Waals surface area contributed by atoms with E-state index in [0.29, 0.717) is 0 Å². The molecular formula is C14H29N. The Kier molecular flexibility index (Phi) is 6.31. The van der Waals surface area contributed by atoms with Crippen LogP contribution in [0.15, 0.2) is 0 Å². The van der Waals surface area contributed by atoms with Gasteiger partial charge in [-0.2, -0.15) is 0 Å². The molecule has 0 amide bonds. The van der Waals surface area contributed by atoms with Crippen LogP contribution in [0.4, 0.5) is 0 Å². The molecule has 0 aromatic rings. The van der Waals surface area contributed by atoms with Gasteiger partial charge in [-0.05, 0) is 44.1 Å². The zero-order valence-corrected chi connectivity index (χ0v) is 10.9. The van der Waals surface area contributed by atoms with Crippen molar-refractivity contribution in [2.45, 2.75) is 71.8 Å². The molecule has 0 saturated heterocycles. The van der Waals surface area contributed by atoms with Crippen LogP contribution < -0.4 is 5.32 Å². The van der Waals surface area contributed by atoms with Gasteiger partial charge in [-0.15, -0.1) is 0 Å². The van der Waals surface area contributed by atoms with Gasteiger partial charge in [0.1, 0.15) is 0 Å². The first-order valence-corrected chi connectivity index (χ1v) is 6.99. The molecule has 90 valence electrons. The van der Waals surface area contributed by atoms with Crippen molar-refractivity contribution in [1.29, 1.82) is 0 Å². The summed E-state index contributed by atoms with van der Waals surface area (Å²) >= 11 is 0. The molecule has 1 aliphatic rings. The molecule has 1 N–H and O–H groups in total. The summed E-state index contributed by atoms with van der Waals surface area (Å²) in [7, 11) is 0. The fourth-order valence-corrected chi connectivity index (χ4v) is 2.15. The number of rotatable bonds is 9. The van der Waals surface area contributed by atoms with Gasteiger partial charge in [-0.25, -0.2) is 0 Å². The van der Waals surface area contributed by atoms with E-state index >= 15 is 0 Å². The Hall–Kier alpha value is -0.0400. The molecule has 1 saturated carbocycles. The predicted molar refractivity (Wildman–Crippen MR) is 68.1 cm³/mol. The minimum atomic E-state index is 0.792. The van der Waals surface area contributed by atoms with E-state index in [4.69, 9.17) is 0 Å². The van der Waals surface area contributed by atoms with Gasteiger partial charge in [0.25, 0.3) is 0 Å². The van der Waals surface area contributed by atoms with E-state index in [9.17, 15) is 0 Å². The monoisotopic (exact) mass is 211 g/mol. The van der Waals surface area contributed by atoms with E-state index in [2.05, 4.69) is 26.1 Å². The molecule has 1 nitrogen and oxygen atoms in total. The van der Waals surface area contributed by atoms with E-state index in [0.717, 1.165) is 17.9 Å². The third kappa shape index (κ3) is 6.19. The van der Waals surface area contributed by atoms with E-state index in [-0.39, 0.29) is 0 Å². The van der Waals surface area contributed by atoms with Crippen LogP contribution in [0, 0.1) is 11.8 Å². The lowest BCUT2D eigenvalue weighted by atomic mass is 9.95. The van der Waals surface area contributed by atoms with E-state index in [1.807, 2.05) is 0 Å². The van der Waals surface area contributed by atoms with Crippen molar-refractivity contribution in [2.24, 2.45) is 11.8 Å². The topological polar surface area (TPSA) is 12.0 Å². The van der Waals surface area contributed by atoms with Gasteiger partial charge in [0.05, 0.1) is 0 Å². The Bertz CT molecular complexity index is 151. The molecule has 0 radical (unpaired) electrons. The average molecular weight is 211 g/mol. The van der Waals surface area contributed by atoms with Gasteiger partial charge >= 0.3 is 0 Å². The Morgan fingerprint density at radius 3 is 2.53 bits per heavy atom. The summed E-state index contributed by atoms with van der Waals surface area (Å²) in [6.07, 6.45) is 9.86. The molecule has 1 aliphatic carbocycles. The van der Waals surface area contributed by atoms with Gasteiger partial charge < -0.3 is 5.32 Å². The normalized spacial score (nSPS) is 20.2. The summed E-state index contributed by atoms with van der Waals surface area (Å²) < 4.78 is 0. The van der Waals surface area contributed by atoms with E-state index < -0.39 is 0 Å². The van der Waals surface area contributed by atoms with Crippen molar-refractivity contribution in [3.8, 4) is 0 Å². The first-order chi connectivity index (χ1) is 7.26. The SMILES string of the molecule is CCCNC(CCC1CC1)CC(C)CC. The molecule has 1 rings (SSSR count). The van der Waals surface area contributed by atoms with Gasteiger partial charge in [0.2, 0.25) is 0 Å². The quantitative estimate of drug-likeness (QED) is 0.608. The second kappa shape index (κ2) is 7.27. The van der Waals surface area contributed by atoms with Crippen molar-refractivity contribution in [3.63, 3.8) is 0 Å². The van der Waals surface area contributed by atoms with Crippen molar-refractivity contribution in [2.75, 3.05) is 6.54 Å². The summed E-state index contributed by atoms with van der Waals surface area (Å²) in [6.45, 7) is 8.15. The van der Waals surface area contributed by atoms with Crippen LogP contribution in [-0.2, 0) is 0 Å². The molecule has 1 heteroatoms. The van der Waals surface area contributed by atoms with Crippen LogP contribution in [0.1, 0.15) is 65.7 Å². The largest absolute Gasteiger partial charge is 0.314 e. The van der Waals surface area contributed by atoms with E-state index in [1.54, 1.807) is 0 Å². The van der Waals surface area contributed by atoms with Crippen molar-refractivity contribution < 1.29 is 0 Å². The Morgan fingerprint density at radius 1 is 1.27 bits per heavy atom. The Labute approximate surface area is 96.0 Å². The highest BCUT2D eigenvalue weighted by atomic mass is 14.9. The first-order valence-electron chi connectivity index (χ1n) is 6.99. The number of nitrogens with one attached hydrogen (secondary N) is 1. The maximum atomic E-state index is 3.72. The van der Waals surface area contributed by atoms with Gasteiger partial charge in [0, 0.05) is 6.04 Å². The average Bonchev–Trinajstić information content (AvgIpc) is 3.05. The van der Waals surface area contributed by atoms with Crippen LogP contribution >= 0.6 is 0 Å². The molecule has 1 fully saturated rings. The van der Waals surface area contributed by atoms with Crippen LogP contribution in [0.25, 0.3) is 0 Å². The fourth-order valence-electron chi connectivity index (χ4n) is 2.15. The standard InChI is InChI=1S/C14H29N/c1-4-10-15-14(11-12(3)5-2)9-8-13-6-7-13/h12-15H,4-11H2,1-3H3. The molecule has 0 aromatic carbocycles. The lowest BCUT2D eigenvalue weighted by Gasteiger charge is -2.21. The molecule has 2 atom stereocenters. The minimum Gasteiger partial charge on any atom is -0.314 e. The summed E-state index contributed by atoms with van der Waals surface area (Å²) in [5, 5.41) is 3.72. The van der Waals surface area contributed by atoms with Crippen molar-refractivity contribution in [3.05, 3.63) is 0 Å². The lowest BCUT2D eigenvalue weighted by Crippen LogP contribution is -2.31. The summed E-state index contributed by atoms with van der Waals surface area (Å²) in [6, 6.07) is 0.792. The highest BCUT2D eigenvalue weighted by molar-refractivity contribution is 4.77. The number of hydrogen-bond acceptors (Lipinski definition) is 1. The van der Waals surface area contributed by atoms with Gasteiger partial charge in [-0.1, -0.05) is 40.0 Å². The molecule has 0 aliphatic heterocycles. The lowest BCUT2D eigenvalue weighted by molar-refractivity contribution is 0.365. The highest BCUT2D eigenvalue weighted by Crippen LogP contribution is 2.34. The molecule has 0 aromatic heterocycles. The predicted octanol–water partition coefficient (Wildman–Crippen LogP) is 3.98. The molecule has 0 bridgehead atoms. The van der Waals surface area contributed by atoms with Crippen LogP contribution in [-0.4, -0.2) is 12.6 Å². The first kappa shape index (κ1) is 13.0. The smallest absolute Gasteiger partial charge is 0.00696 e. The highest BCUT2D eigenvalue weighted by Gasteiger charge is 2.22. The molecule has 2 unspecified atom stereocenters. The molecule has 0 spiro atoms. The van der Waals surface area contributed by atoms with Gasteiger partial charge in [-0.3, -0.25) is 0 Å². The third-order valence-corrected chi connectivity index (χ3v) is 3.69. The zero-order valence-electron chi connectivity index (χ0n) is 10.9. The van der Waals surface area contributed by atoms with Crippen molar-refractivity contribution in [1.82, 2.24) is 5.32 Å². The second-order valence-electron chi connectivity index (χ2n) is 5.42. The van der Waals surface area contributed by atoms with E-state index in [1.165, 1.54) is 51.5 Å². The second-order valence-corrected chi connectivity index (χ2v) is 5.42. The maximum absolute atomic E-state index is 3.72.